The van der Waals surface area contributed by atoms with E-state index in [9.17, 15) is 9.59 Å². The number of carbonyl (C=O) groups is 2. The minimum Gasteiger partial charge on any atom is -0.347 e. The second-order valence-electron chi connectivity index (χ2n) is 4.80. The second-order valence-corrected chi connectivity index (χ2v) is 4.80. The molecule has 0 unspecified atom stereocenters. The largest absolute Gasteiger partial charge is 0.347 e. The first kappa shape index (κ1) is 12.8. The van der Waals surface area contributed by atoms with Crippen LogP contribution in [0.25, 0.3) is 0 Å². The average Bonchev–Trinajstić information content (AvgIpc) is 2.73. The van der Waals surface area contributed by atoms with Crippen LogP contribution in [-0.4, -0.2) is 35.4 Å². The summed E-state index contributed by atoms with van der Waals surface area (Å²) in [5.41, 5.74) is 1.11. The molecule has 1 fully saturated rings. The van der Waals surface area contributed by atoms with Crippen molar-refractivity contribution in [2.75, 3.05) is 13.1 Å². The third-order valence-electron chi connectivity index (χ3n) is 3.28. The third-order valence-corrected chi connectivity index (χ3v) is 3.28. The number of hydrogen-bond donors (Lipinski definition) is 2. The van der Waals surface area contributed by atoms with Gasteiger partial charge in [0.15, 0.2) is 5.78 Å². The highest BCUT2D eigenvalue weighted by Crippen LogP contribution is 2.09. The lowest BCUT2D eigenvalue weighted by atomic mass is 10.1. The molecule has 0 bridgehead atoms. The van der Waals surface area contributed by atoms with Crippen molar-refractivity contribution in [1.29, 1.82) is 0 Å². The summed E-state index contributed by atoms with van der Waals surface area (Å²) in [6.45, 7) is 3.34. The Morgan fingerprint density at radius 2 is 2.28 bits per heavy atom. The zero-order valence-corrected chi connectivity index (χ0v) is 10.8. The Labute approximate surface area is 107 Å². The normalized spacial score (nSPS) is 19.6. The van der Waals surface area contributed by atoms with E-state index >= 15 is 0 Å². The maximum atomic E-state index is 12.1. The number of piperidine rings is 1. The molecule has 18 heavy (non-hydrogen) atoms. The lowest BCUT2D eigenvalue weighted by Crippen LogP contribution is -2.45. The van der Waals surface area contributed by atoms with Gasteiger partial charge in [0.2, 0.25) is 0 Å². The van der Waals surface area contributed by atoms with Gasteiger partial charge in [0.25, 0.3) is 5.91 Å². The maximum Gasteiger partial charge on any atom is 0.268 e. The van der Waals surface area contributed by atoms with Crippen molar-refractivity contribution in [3.63, 3.8) is 0 Å². The summed E-state index contributed by atoms with van der Waals surface area (Å²) in [5, 5.41) is 6.25. The Balaban J connectivity index is 2.06. The lowest BCUT2D eigenvalue weighted by molar-refractivity contribution is 0.0922. The minimum absolute atomic E-state index is 0.0241. The number of nitrogens with zero attached hydrogens (tertiary/aromatic N) is 1. The number of amides is 1. The van der Waals surface area contributed by atoms with Crippen LogP contribution in [0.2, 0.25) is 0 Å². The Hall–Kier alpha value is -1.62. The van der Waals surface area contributed by atoms with Crippen LogP contribution in [0.15, 0.2) is 12.3 Å². The summed E-state index contributed by atoms with van der Waals surface area (Å²) >= 11 is 0. The standard InChI is InChI=1S/C13H19N3O2/c1-9(17)10-6-12(16(2)8-10)13(18)15-11-4-3-5-14-7-11/h6,8,11,14H,3-5,7H2,1-2H3,(H,15,18)/t11-/m0/s1. The van der Waals surface area contributed by atoms with Crippen LogP contribution < -0.4 is 10.6 Å². The highest BCUT2D eigenvalue weighted by Gasteiger charge is 2.19. The summed E-state index contributed by atoms with van der Waals surface area (Å²) in [6.07, 6.45) is 3.77. The second kappa shape index (κ2) is 5.35. The van der Waals surface area contributed by atoms with Crippen LogP contribution in [0.5, 0.6) is 0 Å². The molecule has 0 spiro atoms. The molecule has 98 valence electrons. The number of aromatic nitrogens is 1. The monoisotopic (exact) mass is 249 g/mol. The van der Waals surface area contributed by atoms with Crippen LogP contribution in [0, 0.1) is 0 Å². The van der Waals surface area contributed by atoms with Crippen molar-refractivity contribution in [3.8, 4) is 0 Å². The highest BCUT2D eigenvalue weighted by molar-refractivity contribution is 5.99. The van der Waals surface area contributed by atoms with E-state index in [2.05, 4.69) is 10.6 Å². The van der Waals surface area contributed by atoms with Gasteiger partial charge >= 0.3 is 0 Å². The van der Waals surface area contributed by atoms with Crippen LogP contribution >= 0.6 is 0 Å². The molecule has 0 aromatic carbocycles. The van der Waals surface area contributed by atoms with E-state index in [0.717, 1.165) is 25.9 Å². The quantitative estimate of drug-likeness (QED) is 0.775. The van der Waals surface area contributed by atoms with Crippen molar-refractivity contribution in [3.05, 3.63) is 23.5 Å². The van der Waals surface area contributed by atoms with Crippen LogP contribution in [0.1, 0.15) is 40.6 Å². The molecule has 1 aliphatic heterocycles. The van der Waals surface area contributed by atoms with Crippen LogP contribution in [0.3, 0.4) is 0 Å². The van der Waals surface area contributed by atoms with Gasteiger partial charge in [-0.3, -0.25) is 9.59 Å². The smallest absolute Gasteiger partial charge is 0.268 e. The number of Topliss-reactive ketones (excluding diaryl/α,β-unsaturated/α-hetero) is 1. The number of aryl methyl sites for hydroxylation is 1. The molecule has 1 saturated heterocycles. The predicted octanol–water partition coefficient (Wildman–Crippen LogP) is 0.709. The Morgan fingerprint density at radius 1 is 1.50 bits per heavy atom. The van der Waals surface area contributed by atoms with Gasteiger partial charge < -0.3 is 15.2 Å². The predicted molar refractivity (Wildman–Crippen MR) is 68.8 cm³/mol. The fourth-order valence-electron chi connectivity index (χ4n) is 2.22. The molecule has 5 nitrogen and oxygen atoms in total. The third kappa shape index (κ3) is 2.79. The van der Waals surface area contributed by atoms with Crippen LogP contribution in [-0.2, 0) is 7.05 Å². The summed E-state index contributed by atoms with van der Waals surface area (Å²) < 4.78 is 1.70. The Morgan fingerprint density at radius 3 is 2.83 bits per heavy atom. The molecule has 1 aromatic heterocycles. The highest BCUT2D eigenvalue weighted by atomic mass is 16.2. The van der Waals surface area contributed by atoms with E-state index in [-0.39, 0.29) is 17.7 Å². The molecule has 2 N–H and O–H groups in total. The zero-order chi connectivity index (χ0) is 13.1. The Bertz CT molecular complexity index is 459. The van der Waals surface area contributed by atoms with E-state index in [1.54, 1.807) is 23.9 Å². The van der Waals surface area contributed by atoms with Crippen molar-refractivity contribution in [2.45, 2.75) is 25.8 Å². The molecule has 0 radical (unpaired) electrons. The summed E-state index contributed by atoms with van der Waals surface area (Å²) in [4.78, 5) is 23.4. The number of rotatable bonds is 3. The molecule has 2 heterocycles. The van der Waals surface area contributed by atoms with Crippen molar-refractivity contribution in [2.24, 2.45) is 7.05 Å². The number of hydrogen-bond acceptors (Lipinski definition) is 3. The van der Waals surface area contributed by atoms with Crippen LogP contribution in [0.4, 0.5) is 0 Å². The van der Waals surface area contributed by atoms with Crippen molar-refractivity contribution in [1.82, 2.24) is 15.2 Å². The first-order valence-electron chi connectivity index (χ1n) is 6.27. The van der Waals surface area contributed by atoms with Gasteiger partial charge in [0.1, 0.15) is 5.69 Å². The van der Waals surface area contributed by atoms with Crippen molar-refractivity contribution < 1.29 is 9.59 Å². The van der Waals surface area contributed by atoms with Gasteiger partial charge in [-0.15, -0.1) is 0 Å². The molecular weight excluding hydrogens is 230 g/mol. The molecule has 1 aliphatic rings. The molecule has 1 amide bonds. The molecule has 2 rings (SSSR count). The fraction of sp³-hybridized carbons (Fsp3) is 0.538. The summed E-state index contributed by atoms with van der Waals surface area (Å²) in [6, 6.07) is 1.83. The summed E-state index contributed by atoms with van der Waals surface area (Å²) in [5.74, 6) is -0.136. The molecule has 1 aromatic rings. The first-order chi connectivity index (χ1) is 8.58. The molecule has 5 heteroatoms. The van der Waals surface area contributed by atoms with Gasteiger partial charge in [-0.05, 0) is 32.4 Å². The SMILES string of the molecule is CC(=O)c1cc(C(=O)N[C@H]2CCCNC2)n(C)c1. The lowest BCUT2D eigenvalue weighted by Gasteiger charge is -2.23. The number of carbonyl (C=O) groups excluding carboxylic acids is 2. The molecule has 1 atom stereocenters. The van der Waals surface area contributed by atoms with E-state index in [0.29, 0.717) is 11.3 Å². The van der Waals surface area contributed by atoms with E-state index in [1.165, 1.54) is 6.92 Å². The van der Waals surface area contributed by atoms with E-state index < -0.39 is 0 Å². The fourth-order valence-corrected chi connectivity index (χ4v) is 2.22. The van der Waals surface area contributed by atoms with Crippen molar-refractivity contribution >= 4 is 11.7 Å². The maximum absolute atomic E-state index is 12.1. The number of ketones is 1. The summed E-state index contributed by atoms with van der Waals surface area (Å²) in [7, 11) is 1.78. The van der Waals surface area contributed by atoms with Gasteiger partial charge in [-0.25, -0.2) is 0 Å². The minimum atomic E-state index is -0.112. The molecule has 0 aliphatic carbocycles. The van der Waals surface area contributed by atoms with Gasteiger partial charge in [0, 0.05) is 31.4 Å². The number of nitrogens with one attached hydrogen (secondary N) is 2. The zero-order valence-electron chi connectivity index (χ0n) is 10.8. The van der Waals surface area contributed by atoms with E-state index in [1.807, 2.05) is 0 Å². The van der Waals surface area contributed by atoms with Gasteiger partial charge in [-0.2, -0.15) is 0 Å². The molecule has 0 saturated carbocycles. The molecular formula is C13H19N3O2. The van der Waals surface area contributed by atoms with Gasteiger partial charge in [0.05, 0.1) is 0 Å². The topological polar surface area (TPSA) is 63.1 Å². The first-order valence-corrected chi connectivity index (χ1v) is 6.27. The Kier molecular flexibility index (Phi) is 3.81. The van der Waals surface area contributed by atoms with Gasteiger partial charge in [-0.1, -0.05) is 0 Å². The van der Waals surface area contributed by atoms with E-state index in [4.69, 9.17) is 0 Å². The average molecular weight is 249 g/mol.